The standard InChI is InChI=1S/C17H26N2O2/c1-4-8-19-15(14-7-10-20-12-14)11-13(2)17(18-3)16-6-5-9-21-16/h5-7,9-10,12-13,15,17-19H,4,8,11H2,1-3H3. The van der Waals surface area contributed by atoms with Crippen LogP contribution in [0.1, 0.15) is 50.1 Å². The van der Waals surface area contributed by atoms with Crippen LogP contribution < -0.4 is 10.6 Å². The third kappa shape index (κ3) is 4.22. The van der Waals surface area contributed by atoms with Gasteiger partial charge < -0.3 is 19.5 Å². The van der Waals surface area contributed by atoms with E-state index in [1.165, 1.54) is 5.56 Å². The molecule has 3 atom stereocenters. The Bertz CT molecular complexity index is 479. The Morgan fingerprint density at radius 1 is 1.24 bits per heavy atom. The first-order chi connectivity index (χ1) is 10.3. The van der Waals surface area contributed by atoms with Gasteiger partial charge in [0.05, 0.1) is 24.8 Å². The molecule has 3 unspecified atom stereocenters. The Hall–Kier alpha value is -1.52. The molecule has 0 bridgehead atoms. The SMILES string of the molecule is CCCNC(CC(C)C(NC)c1ccco1)c1ccoc1. The number of furan rings is 2. The second-order valence-corrected chi connectivity index (χ2v) is 5.56. The van der Waals surface area contributed by atoms with Crippen LogP contribution >= 0.6 is 0 Å². The lowest BCUT2D eigenvalue weighted by molar-refractivity contribution is 0.296. The molecule has 0 aliphatic heterocycles. The molecule has 2 N–H and O–H groups in total. The molecule has 2 aromatic heterocycles. The maximum atomic E-state index is 5.56. The fraction of sp³-hybridized carbons (Fsp3) is 0.529. The third-order valence-corrected chi connectivity index (χ3v) is 3.92. The fourth-order valence-corrected chi connectivity index (χ4v) is 2.81. The van der Waals surface area contributed by atoms with Gasteiger partial charge in [-0.25, -0.2) is 0 Å². The highest BCUT2D eigenvalue weighted by Gasteiger charge is 2.24. The van der Waals surface area contributed by atoms with E-state index in [1.54, 1.807) is 12.5 Å². The molecule has 2 heterocycles. The monoisotopic (exact) mass is 290 g/mol. The lowest BCUT2D eigenvalue weighted by Crippen LogP contribution is -2.29. The normalized spacial score (nSPS) is 15.8. The van der Waals surface area contributed by atoms with Crippen molar-refractivity contribution >= 4 is 0 Å². The Balaban J connectivity index is 2.04. The van der Waals surface area contributed by atoms with Crippen molar-refractivity contribution in [2.24, 2.45) is 5.92 Å². The molecule has 0 aliphatic rings. The van der Waals surface area contributed by atoms with Crippen molar-refractivity contribution < 1.29 is 8.83 Å². The number of rotatable bonds is 9. The Morgan fingerprint density at radius 2 is 2.10 bits per heavy atom. The van der Waals surface area contributed by atoms with Crippen molar-refractivity contribution in [3.8, 4) is 0 Å². The summed E-state index contributed by atoms with van der Waals surface area (Å²) in [5, 5.41) is 6.97. The van der Waals surface area contributed by atoms with Gasteiger partial charge in [-0.15, -0.1) is 0 Å². The van der Waals surface area contributed by atoms with Gasteiger partial charge in [0, 0.05) is 11.6 Å². The summed E-state index contributed by atoms with van der Waals surface area (Å²) in [5.41, 5.74) is 1.21. The average molecular weight is 290 g/mol. The van der Waals surface area contributed by atoms with Gasteiger partial charge in [0.25, 0.3) is 0 Å². The van der Waals surface area contributed by atoms with E-state index < -0.39 is 0 Å². The predicted molar refractivity (Wildman–Crippen MR) is 84.0 cm³/mol. The van der Waals surface area contributed by atoms with E-state index in [-0.39, 0.29) is 6.04 Å². The smallest absolute Gasteiger partial charge is 0.120 e. The molecule has 0 spiro atoms. The van der Waals surface area contributed by atoms with E-state index in [9.17, 15) is 0 Å². The zero-order valence-corrected chi connectivity index (χ0v) is 13.1. The van der Waals surface area contributed by atoms with Gasteiger partial charge in [-0.3, -0.25) is 0 Å². The first kappa shape index (κ1) is 15.9. The van der Waals surface area contributed by atoms with Crippen molar-refractivity contribution in [2.75, 3.05) is 13.6 Å². The van der Waals surface area contributed by atoms with Crippen molar-refractivity contribution in [1.82, 2.24) is 10.6 Å². The maximum Gasteiger partial charge on any atom is 0.120 e. The minimum Gasteiger partial charge on any atom is -0.472 e. The number of nitrogens with one attached hydrogen (secondary N) is 2. The summed E-state index contributed by atoms with van der Waals surface area (Å²) < 4.78 is 10.8. The summed E-state index contributed by atoms with van der Waals surface area (Å²) in [6.45, 7) is 5.44. The van der Waals surface area contributed by atoms with Crippen molar-refractivity contribution in [3.05, 3.63) is 48.3 Å². The van der Waals surface area contributed by atoms with Crippen LogP contribution in [0.15, 0.2) is 45.8 Å². The Labute approximate surface area is 126 Å². The fourth-order valence-electron chi connectivity index (χ4n) is 2.81. The van der Waals surface area contributed by atoms with E-state index in [2.05, 4.69) is 24.5 Å². The van der Waals surface area contributed by atoms with E-state index >= 15 is 0 Å². The maximum absolute atomic E-state index is 5.56. The minimum atomic E-state index is 0.220. The van der Waals surface area contributed by atoms with Crippen LogP contribution in [0.5, 0.6) is 0 Å². The van der Waals surface area contributed by atoms with Crippen molar-refractivity contribution in [1.29, 1.82) is 0 Å². The molecular formula is C17H26N2O2. The zero-order valence-electron chi connectivity index (χ0n) is 13.1. The highest BCUT2D eigenvalue weighted by Crippen LogP contribution is 2.30. The topological polar surface area (TPSA) is 50.3 Å². The molecule has 0 fully saturated rings. The van der Waals surface area contributed by atoms with Gasteiger partial charge in [-0.2, -0.15) is 0 Å². The summed E-state index contributed by atoms with van der Waals surface area (Å²) in [6.07, 6.45) is 7.45. The van der Waals surface area contributed by atoms with Gasteiger partial charge in [-0.1, -0.05) is 13.8 Å². The molecule has 4 nitrogen and oxygen atoms in total. The molecule has 0 amide bonds. The van der Waals surface area contributed by atoms with Crippen LogP contribution in [0.2, 0.25) is 0 Å². The number of hydrogen-bond donors (Lipinski definition) is 2. The summed E-state index contributed by atoms with van der Waals surface area (Å²) in [6, 6.07) is 6.54. The first-order valence-electron chi connectivity index (χ1n) is 7.72. The van der Waals surface area contributed by atoms with Gasteiger partial charge in [-0.05, 0) is 50.6 Å². The molecule has 0 saturated heterocycles. The first-order valence-corrected chi connectivity index (χ1v) is 7.72. The Kier molecular flexibility index (Phi) is 6.08. The molecule has 0 aliphatic carbocycles. The number of hydrogen-bond acceptors (Lipinski definition) is 4. The molecule has 116 valence electrons. The van der Waals surface area contributed by atoms with Gasteiger partial charge in [0.2, 0.25) is 0 Å². The third-order valence-electron chi connectivity index (χ3n) is 3.92. The lowest BCUT2D eigenvalue weighted by atomic mass is 9.90. The van der Waals surface area contributed by atoms with E-state index in [4.69, 9.17) is 8.83 Å². The van der Waals surface area contributed by atoms with Crippen LogP contribution in [-0.2, 0) is 0 Å². The molecule has 0 aromatic carbocycles. The Morgan fingerprint density at radius 3 is 2.67 bits per heavy atom. The van der Waals surface area contributed by atoms with Crippen LogP contribution in [0.4, 0.5) is 0 Å². The minimum absolute atomic E-state index is 0.220. The molecular weight excluding hydrogens is 264 g/mol. The van der Waals surface area contributed by atoms with Crippen molar-refractivity contribution in [2.45, 2.75) is 38.8 Å². The molecule has 0 radical (unpaired) electrons. The summed E-state index contributed by atoms with van der Waals surface area (Å²) in [4.78, 5) is 0. The predicted octanol–water partition coefficient (Wildman–Crippen LogP) is 3.90. The molecule has 2 aromatic rings. The molecule has 4 heteroatoms. The largest absolute Gasteiger partial charge is 0.472 e. The summed E-state index contributed by atoms with van der Waals surface area (Å²) in [5.74, 6) is 1.43. The highest BCUT2D eigenvalue weighted by atomic mass is 16.3. The second kappa shape index (κ2) is 8.05. The highest BCUT2D eigenvalue weighted by molar-refractivity contribution is 5.13. The molecule has 21 heavy (non-hydrogen) atoms. The van der Waals surface area contributed by atoms with Gasteiger partial charge in [0.15, 0.2) is 0 Å². The quantitative estimate of drug-likeness (QED) is 0.735. The lowest BCUT2D eigenvalue weighted by Gasteiger charge is -2.26. The summed E-state index contributed by atoms with van der Waals surface area (Å²) in [7, 11) is 1.98. The van der Waals surface area contributed by atoms with E-state index in [1.807, 2.05) is 31.5 Å². The van der Waals surface area contributed by atoms with Gasteiger partial charge in [0.1, 0.15) is 5.76 Å². The van der Waals surface area contributed by atoms with Crippen LogP contribution in [0, 0.1) is 5.92 Å². The van der Waals surface area contributed by atoms with Crippen molar-refractivity contribution in [3.63, 3.8) is 0 Å². The van der Waals surface area contributed by atoms with E-state index in [0.29, 0.717) is 12.0 Å². The molecule has 0 saturated carbocycles. The molecule has 2 rings (SSSR count). The van der Waals surface area contributed by atoms with Gasteiger partial charge >= 0.3 is 0 Å². The average Bonchev–Trinajstić information content (AvgIpc) is 3.17. The van der Waals surface area contributed by atoms with Crippen LogP contribution in [0.3, 0.4) is 0 Å². The summed E-state index contributed by atoms with van der Waals surface area (Å²) >= 11 is 0. The second-order valence-electron chi connectivity index (χ2n) is 5.56. The van der Waals surface area contributed by atoms with E-state index in [0.717, 1.165) is 25.1 Å². The zero-order chi connectivity index (χ0) is 15.1. The van der Waals surface area contributed by atoms with Crippen LogP contribution in [-0.4, -0.2) is 13.6 Å². The van der Waals surface area contributed by atoms with Crippen LogP contribution in [0.25, 0.3) is 0 Å².